The van der Waals surface area contributed by atoms with Gasteiger partial charge in [-0.05, 0) is 24.2 Å². The molecule has 2 heterocycles. The molecular formula is C11H10N4. The summed E-state index contributed by atoms with van der Waals surface area (Å²) in [6.07, 6.45) is -0.198. The van der Waals surface area contributed by atoms with Crippen molar-refractivity contribution >= 4 is 27.9 Å². The van der Waals surface area contributed by atoms with Gasteiger partial charge in [-0.2, -0.15) is 0 Å². The first kappa shape index (κ1) is 5.70. The first-order valence-electron chi connectivity index (χ1n) is 5.99. The van der Waals surface area contributed by atoms with Crippen molar-refractivity contribution in [3.8, 4) is 0 Å². The molecule has 3 aromatic rings. The van der Waals surface area contributed by atoms with Crippen molar-refractivity contribution in [2.45, 2.75) is 0 Å². The number of nitrogens with zero attached hydrogens (tertiary/aromatic N) is 3. The third-order valence-electron chi connectivity index (χ3n) is 2.49. The minimum absolute atomic E-state index is 0.0336. The maximum Gasteiger partial charge on any atom is 0.200 e. The number of imidazole rings is 1. The van der Waals surface area contributed by atoms with Crippen LogP contribution in [-0.4, -0.2) is 14.5 Å². The Morgan fingerprint density at radius 1 is 1.47 bits per heavy atom. The largest absolute Gasteiger partial charge is 0.369 e. The number of aryl methyl sites for hydroxylation is 1. The summed E-state index contributed by atoms with van der Waals surface area (Å²) < 4.78 is 24.9. The topological polar surface area (TPSA) is 56.7 Å². The lowest BCUT2D eigenvalue weighted by Crippen LogP contribution is -1.95. The quantitative estimate of drug-likeness (QED) is 0.602. The summed E-state index contributed by atoms with van der Waals surface area (Å²) in [5, 5.41) is 0.473. The van der Waals surface area contributed by atoms with Gasteiger partial charge in [-0.25, -0.2) is 4.98 Å². The predicted molar refractivity (Wildman–Crippen MR) is 60.4 cm³/mol. The lowest BCUT2D eigenvalue weighted by atomic mass is 10.2. The van der Waals surface area contributed by atoms with Crippen LogP contribution in [0.2, 0.25) is 0 Å². The number of nitrogen functional groups attached to an aromatic ring is 1. The molecule has 0 atom stereocenters. The molecule has 0 fully saturated rings. The second kappa shape index (κ2) is 2.70. The zero-order chi connectivity index (χ0) is 13.0. The number of rotatable bonds is 0. The first-order chi connectivity index (χ1) is 8.50. The number of hydrogen-bond acceptors (Lipinski definition) is 3. The van der Waals surface area contributed by atoms with E-state index >= 15 is 0 Å². The Morgan fingerprint density at radius 3 is 3.20 bits per heavy atom. The molecule has 0 aliphatic rings. The van der Waals surface area contributed by atoms with Gasteiger partial charge in [-0.3, -0.25) is 4.98 Å². The van der Waals surface area contributed by atoms with Gasteiger partial charge < -0.3 is 10.3 Å². The predicted octanol–water partition coefficient (Wildman–Crippen LogP) is 1.70. The van der Waals surface area contributed by atoms with E-state index in [0.717, 1.165) is 5.52 Å². The van der Waals surface area contributed by atoms with Crippen LogP contribution in [0.25, 0.3) is 21.9 Å². The zero-order valence-electron chi connectivity index (χ0n) is 11.1. The number of benzene rings is 1. The summed E-state index contributed by atoms with van der Waals surface area (Å²) in [7, 11) is 1.79. The number of pyridine rings is 1. The molecule has 0 radical (unpaired) electrons. The SMILES string of the molecule is [2H]c1nc2ccc3c(nc(N)n3C)c2c([2H])c1[2H]. The Balaban J connectivity index is 2.62. The highest BCUT2D eigenvalue weighted by Gasteiger charge is 2.07. The molecule has 2 aromatic heterocycles. The van der Waals surface area contributed by atoms with E-state index in [1.165, 1.54) is 0 Å². The fraction of sp³-hybridized carbons (Fsp3) is 0.0909. The van der Waals surface area contributed by atoms with Gasteiger partial charge in [0.2, 0.25) is 5.95 Å². The number of fused-ring (bicyclic) bond motifs is 3. The van der Waals surface area contributed by atoms with Crippen molar-refractivity contribution in [3.63, 3.8) is 0 Å². The minimum atomic E-state index is -0.198. The lowest BCUT2D eigenvalue weighted by Gasteiger charge is -1.98. The van der Waals surface area contributed by atoms with Crippen LogP contribution in [0, 0.1) is 0 Å². The Morgan fingerprint density at radius 2 is 2.33 bits per heavy atom. The van der Waals surface area contributed by atoms with Crippen LogP contribution in [0.5, 0.6) is 0 Å². The minimum Gasteiger partial charge on any atom is -0.369 e. The molecule has 4 heteroatoms. The molecule has 0 unspecified atom stereocenters. The van der Waals surface area contributed by atoms with E-state index in [2.05, 4.69) is 9.97 Å². The Bertz CT molecular complexity index is 794. The smallest absolute Gasteiger partial charge is 0.200 e. The lowest BCUT2D eigenvalue weighted by molar-refractivity contribution is 0.965. The van der Waals surface area contributed by atoms with Crippen molar-refractivity contribution in [1.82, 2.24) is 14.5 Å². The fourth-order valence-electron chi connectivity index (χ4n) is 1.66. The van der Waals surface area contributed by atoms with Crippen LogP contribution in [0.4, 0.5) is 5.95 Å². The second-order valence-electron chi connectivity index (χ2n) is 3.33. The molecule has 0 saturated heterocycles. The summed E-state index contributed by atoms with van der Waals surface area (Å²) in [6.45, 7) is 0. The Labute approximate surface area is 90.6 Å². The van der Waals surface area contributed by atoms with Crippen LogP contribution < -0.4 is 5.73 Å². The van der Waals surface area contributed by atoms with Crippen LogP contribution in [0.15, 0.2) is 30.4 Å². The molecule has 0 spiro atoms. The van der Waals surface area contributed by atoms with E-state index in [9.17, 15) is 0 Å². The molecule has 15 heavy (non-hydrogen) atoms. The molecule has 0 saturated carbocycles. The summed E-state index contributed by atoms with van der Waals surface area (Å²) in [4.78, 5) is 8.20. The van der Waals surface area contributed by atoms with Crippen LogP contribution in [0.3, 0.4) is 0 Å². The number of hydrogen-bond donors (Lipinski definition) is 1. The molecule has 4 nitrogen and oxygen atoms in total. The fourth-order valence-corrected chi connectivity index (χ4v) is 1.66. The molecule has 0 bridgehead atoms. The highest BCUT2D eigenvalue weighted by Crippen LogP contribution is 2.24. The van der Waals surface area contributed by atoms with Crippen molar-refractivity contribution in [3.05, 3.63) is 30.4 Å². The average molecular weight is 201 g/mol. The Hall–Kier alpha value is -2.10. The van der Waals surface area contributed by atoms with Gasteiger partial charge in [-0.15, -0.1) is 0 Å². The van der Waals surface area contributed by atoms with Gasteiger partial charge >= 0.3 is 0 Å². The highest BCUT2D eigenvalue weighted by atomic mass is 15.1. The maximum absolute atomic E-state index is 7.95. The maximum atomic E-state index is 7.95. The molecule has 0 aliphatic carbocycles. The summed E-state index contributed by atoms with van der Waals surface area (Å²) in [5.41, 5.74) is 7.58. The van der Waals surface area contributed by atoms with Gasteiger partial charge in [0.25, 0.3) is 0 Å². The zero-order valence-corrected chi connectivity index (χ0v) is 8.07. The molecule has 1 aromatic carbocycles. The van der Waals surface area contributed by atoms with Gasteiger partial charge in [0.1, 0.15) is 5.52 Å². The van der Waals surface area contributed by atoms with Crippen LogP contribution in [0.1, 0.15) is 4.11 Å². The van der Waals surface area contributed by atoms with Crippen molar-refractivity contribution in [2.24, 2.45) is 7.05 Å². The Kier molecular flexibility index (Phi) is 1.02. The summed E-state index contributed by atoms with van der Waals surface area (Å²) >= 11 is 0. The van der Waals surface area contributed by atoms with Gasteiger partial charge in [0.05, 0.1) is 15.1 Å². The van der Waals surface area contributed by atoms with E-state index in [1.54, 1.807) is 23.7 Å². The summed E-state index contributed by atoms with van der Waals surface area (Å²) in [5.74, 6) is 0.346. The average Bonchev–Trinajstić information content (AvgIpc) is 2.62. The second-order valence-corrected chi connectivity index (χ2v) is 3.33. The standard InChI is InChI=1S/C11H10N4/c1-15-9-5-4-8-7(3-2-6-13-8)10(9)14-11(15)12/h2-6H,1H3,(H2,12,14)/i2D,3D,6D. The third kappa shape index (κ3) is 1.01. The summed E-state index contributed by atoms with van der Waals surface area (Å²) in [6, 6.07) is 3.29. The molecule has 0 amide bonds. The van der Waals surface area contributed by atoms with Gasteiger partial charge in [0.15, 0.2) is 0 Å². The molecule has 3 rings (SSSR count). The van der Waals surface area contributed by atoms with Crippen molar-refractivity contribution in [1.29, 1.82) is 0 Å². The van der Waals surface area contributed by atoms with Crippen LogP contribution in [-0.2, 0) is 7.05 Å². The molecular weight excluding hydrogens is 188 g/mol. The monoisotopic (exact) mass is 201 g/mol. The van der Waals surface area contributed by atoms with Crippen LogP contribution >= 0.6 is 0 Å². The number of aromatic nitrogens is 3. The molecule has 2 N–H and O–H groups in total. The van der Waals surface area contributed by atoms with Crippen molar-refractivity contribution < 1.29 is 4.11 Å². The first-order valence-corrected chi connectivity index (χ1v) is 4.49. The third-order valence-corrected chi connectivity index (χ3v) is 2.49. The van der Waals surface area contributed by atoms with E-state index < -0.39 is 0 Å². The van der Waals surface area contributed by atoms with E-state index in [4.69, 9.17) is 9.85 Å². The van der Waals surface area contributed by atoms with E-state index in [-0.39, 0.29) is 18.3 Å². The van der Waals surface area contributed by atoms with Gasteiger partial charge in [0, 0.05) is 18.6 Å². The normalized spacial score (nSPS) is 14.1. The number of anilines is 1. The highest BCUT2D eigenvalue weighted by molar-refractivity contribution is 6.03. The molecule has 0 aliphatic heterocycles. The molecule has 74 valence electrons. The van der Waals surface area contributed by atoms with E-state index in [0.29, 0.717) is 22.4 Å². The number of nitrogens with two attached hydrogens (primary N) is 1. The van der Waals surface area contributed by atoms with Gasteiger partial charge in [-0.1, -0.05) is 0 Å². The van der Waals surface area contributed by atoms with Crippen molar-refractivity contribution in [2.75, 3.05) is 5.73 Å². The van der Waals surface area contributed by atoms with E-state index in [1.807, 2.05) is 0 Å².